The van der Waals surface area contributed by atoms with Crippen LogP contribution in [0.1, 0.15) is 39.5 Å². The Bertz CT molecular complexity index is 820. The lowest BCUT2D eigenvalue weighted by Crippen LogP contribution is -2.63. The molecular weight excluding hydrogens is 370 g/mol. The monoisotopic (exact) mass is 401 g/mol. The molecule has 29 heavy (non-hydrogen) atoms. The van der Waals surface area contributed by atoms with Crippen molar-refractivity contribution >= 4 is 11.6 Å². The molecule has 5 rings (SSSR count). The van der Waals surface area contributed by atoms with Gasteiger partial charge in [-0.05, 0) is 49.7 Å². The fraction of sp³-hybridized carbons (Fsp3) is 0.739. The molecule has 1 saturated heterocycles. The average Bonchev–Trinajstić information content (AvgIpc) is 3.19. The minimum Gasteiger partial charge on any atom is -0.393 e. The number of aliphatic hydroxyl groups is 1. The third kappa shape index (κ3) is 2.32. The smallest absolute Gasteiger partial charge is 0.193 e. The molecule has 6 nitrogen and oxygen atoms in total. The van der Waals surface area contributed by atoms with Crippen LogP contribution in [0.4, 0.5) is 0 Å². The lowest BCUT2D eigenvalue weighted by Gasteiger charge is -2.59. The molecule has 0 aromatic heterocycles. The maximum Gasteiger partial charge on any atom is 0.193 e. The van der Waals surface area contributed by atoms with Crippen LogP contribution in [0, 0.1) is 34.5 Å². The van der Waals surface area contributed by atoms with E-state index in [4.69, 9.17) is 9.57 Å². The fourth-order valence-electron chi connectivity index (χ4n) is 8.00. The molecule has 6 heteroatoms. The molecule has 0 bridgehead atoms. The molecule has 0 radical (unpaired) electrons. The molecule has 3 saturated carbocycles. The Labute approximate surface area is 171 Å². The first-order valence-corrected chi connectivity index (χ1v) is 10.8. The Kier molecular flexibility index (Phi) is 4.28. The third-order valence-corrected chi connectivity index (χ3v) is 9.10. The van der Waals surface area contributed by atoms with Crippen molar-refractivity contribution in [2.75, 3.05) is 20.3 Å². The van der Waals surface area contributed by atoms with Crippen molar-refractivity contribution < 1.29 is 24.3 Å². The highest BCUT2D eigenvalue weighted by Gasteiger charge is 2.74. The van der Waals surface area contributed by atoms with E-state index in [1.54, 1.807) is 19.3 Å². The number of ether oxygens (including phenoxy) is 1. The molecule has 5 aliphatic rings. The molecule has 1 aliphatic heterocycles. The predicted octanol–water partition coefficient (Wildman–Crippen LogP) is 1.98. The zero-order valence-electron chi connectivity index (χ0n) is 17.4. The number of fused-ring (bicyclic) bond motifs is 7. The summed E-state index contributed by atoms with van der Waals surface area (Å²) < 4.78 is 5.21. The number of aliphatic hydroxyl groups excluding tert-OH is 1. The summed E-state index contributed by atoms with van der Waals surface area (Å²) in [6.45, 7) is 5.00. The number of hydroxylamine groups is 1. The van der Waals surface area contributed by atoms with Crippen LogP contribution in [0.3, 0.4) is 0 Å². The third-order valence-electron chi connectivity index (χ3n) is 9.10. The lowest BCUT2D eigenvalue weighted by molar-refractivity contribution is -0.199. The van der Waals surface area contributed by atoms with Crippen molar-refractivity contribution in [1.82, 2.24) is 5.48 Å². The van der Waals surface area contributed by atoms with Crippen LogP contribution in [-0.2, 0) is 19.2 Å². The molecule has 158 valence electrons. The number of carbonyl (C=O) groups excluding carboxylic acids is 2. The first kappa shape index (κ1) is 19.6. The van der Waals surface area contributed by atoms with Crippen LogP contribution in [0.2, 0.25) is 0 Å². The largest absolute Gasteiger partial charge is 0.393 e. The summed E-state index contributed by atoms with van der Waals surface area (Å²) >= 11 is 0. The standard InChI is InChI=1S/C23H31NO5/c1-21-7-6-15(25)8-13(21)4-5-16-17-9-14-11-24-29-23(14,19(27)12-28-3)22(17,2)10-18(26)20(16)21/h6-8,14,16-18,20,24,26H,4-5,9-12H2,1-3H3/t14-,16?,17?,18-,20?,21-,22-,23-/m0/s1. The number of Topliss-reactive ketones (excluding diaryl/α,β-unsaturated/α-hetero) is 1. The summed E-state index contributed by atoms with van der Waals surface area (Å²) in [5.41, 5.74) is 2.47. The van der Waals surface area contributed by atoms with Crippen LogP contribution < -0.4 is 5.48 Å². The molecule has 0 aromatic rings. The number of nitrogens with one attached hydrogen (secondary N) is 1. The minimum atomic E-state index is -0.935. The second kappa shape index (κ2) is 6.33. The number of ketones is 2. The van der Waals surface area contributed by atoms with Gasteiger partial charge in [0.1, 0.15) is 6.61 Å². The minimum absolute atomic E-state index is 0.0172. The van der Waals surface area contributed by atoms with Crippen molar-refractivity contribution in [3.63, 3.8) is 0 Å². The highest BCUT2D eigenvalue weighted by molar-refractivity contribution is 6.01. The number of hydrogen-bond acceptors (Lipinski definition) is 6. The predicted molar refractivity (Wildman–Crippen MR) is 106 cm³/mol. The van der Waals surface area contributed by atoms with Crippen molar-refractivity contribution in [1.29, 1.82) is 0 Å². The van der Waals surface area contributed by atoms with Gasteiger partial charge in [-0.2, -0.15) is 0 Å². The molecule has 2 N–H and O–H groups in total. The van der Waals surface area contributed by atoms with Crippen LogP contribution in [0.15, 0.2) is 23.8 Å². The summed E-state index contributed by atoms with van der Waals surface area (Å²) in [5.74, 6) is 0.783. The Hall–Kier alpha value is -1.34. The summed E-state index contributed by atoms with van der Waals surface area (Å²) in [5, 5.41) is 11.5. The molecule has 8 atom stereocenters. The van der Waals surface area contributed by atoms with Crippen LogP contribution in [0.25, 0.3) is 0 Å². The number of allylic oxidation sites excluding steroid dienone is 4. The number of hydrogen-bond donors (Lipinski definition) is 2. The molecule has 4 fully saturated rings. The van der Waals surface area contributed by atoms with Crippen molar-refractivity contribution in [2.24, 2.45) is 34.5 Å². The van der Waals surface area contributed by atoms with Gasteiger partial charge in [0.05, 0.1) is 6.10 Å². The van der Waals surface area contributed by atoms with E-state index >= 15 is 0 Å². The quantitative estimate of drug-likeness (QED) is 0.752. The Morgan fingerprint density at radius 1 is 1.41 bits per heavy atom. The maximum absolute atomic E-state index is 13.3. The molecule has 3 unspecified atom stereocenters. The Balaban J connectivity index is 1.57. The number of methoxy groups -OCH3 is 1. The molecule has 0 aromatic carbocycles. The van der Waals surface area contributed by atoms with E-state index in [0.717, 1.165) is 24.8 Å². The summed E-state index contributed by atoms with van der Waals surface area (Å²) in [7, 11) is 1.54. The normalized spacial score (nSPS) is 50.4. The molecule has 1 heterocycles. The summed E-state index contributed by atoms with van der Waals surface area (Å²) in [6, 6.07) is 0. The van der Waals surface area contributed by atoms with E-state index < -0.39 is 17.1 Å². The molecular formula is C23H31NO5. The first-order valence-electron chi connectivity index (χ1n) is 10.8. The SMILES string of the molecule is COCC(=O)[C@@]12ONC[C@@H]1CC1C3CCC4=CC(=O)C=C[C@]4(C)C3[C@@H](O)C[C@@]12C. The Morgan fingerprint density at radius 2 is 2.21 bits per heavy atom. The van der Waals surface area contributed by atoms with E-state index in [1.165, 1.54) is 0 Å². The van der Waals surface area contributed by atoms with Gasteiger partial charge in [-0.3, -0.25) is 14.4 Å². The van der Waals surface area contributed by atoms with Crippen LogP contribution >= 0.6 is 0 Å². The van der Waals surface area contributed by atoms with Crippen LogP contribution in [-0.4, -0.2) is 48.6 Å². The van der Waals surface area contributed by atoms with Gasteiger partial charge in [0.2, 0.25) is 0 Å². The van der Waals surface area contributed by atoms with Gasteiger partial charge < -0.3 is 9.84 Å². The van der Waals surface area contributed by atoms with E-state index in [0.29, 0.717) is 24.8 Å². The van der Waals surface area contributed by atoms with Gasteiger partial charge >= 0.3 is 0 Å². The van der Waals surface area contributed by atoms with Gasteiger partial charge in [-0.1, -0.05) is 25.5 Å². The topological polar surface area (TPSA) is 84.9 Å². The molecule has 0 spiro atoms. The fourth-order valence-corrected chi connectivity index (χ4v) is 8.00. The van der Waals surface area contributed by atoms with E-state index in [1.807, 2.05) is 6.08 Å². The van der Waals surface area contributed by atoms with E-state index in [2.05, 4.69) is 19.3 Å². The first-order chi connectivity index (χ1) is 13.8. The second-order valence-electron chi connectivity index (χ2n) is 10.2. The van der Waals surface area contributed by atoms with E-state index in [-0.39, 0.29) is 35.4 Å². The highest BCUT2D eigenvalue weighted by atomic mass is 16.7. The maximum atomic E-state index is 13.3. The van der Waals surface area contributed by atoms with Gasteiger partial charge in [0.25, 0.3) is 0 Å². The second-order valence-corrected chi connectivity index (χ2v) is 10.2. The zero-order chi connectivity index (χ0) is 20.6. The number of carbonyl (C=O) groups is 2. The van der Waals surface area contributed by atoms with E-state index in [9.17, 15) is 14.7 Å². The lowest BCUT2D eigenvalue weighted by atomic mass is 9.46. The van der Waals surface area contributed by atoms with Crippen LogP contribution in [0.5, 0.6) is 0 Å². The Morgan fingerprint density at radius 3 is 2.97 bits per heavy atom. The van der Waals surface area contributed by atoms with Gasteiger partial charge in [-0.25, -0.2) is 5.48 Å². The van der Waals surface area contributed by atoms with Crippen molar-refractivity contribution in [2.45, 2.75) is 51.2 Å². The van der Waals surface area contributed by atoms with Crippen molar-refractivity contribution in [3.05, 3.63) is 23.8 Å². The van der Waals surface area contributed by atoms with Crippen molar-refractivity contribution in [3.8, 4) is 0 Å². The summed E-state index contributed by atoms with van der Waals surface area (Å²) in [6.07, 6.45) is 8.16. The number of rotatable bonds is 3. The average molecular weight is 402 g/mol. The highest BCUT2D eigenvalue weighted by Crippen LogP contribution is 2.69. The zero-order valence-corrected chi connectivity index (χ0v) is 17.4. The summed E-state index contributed by atoms with van der Waals surface area (Å²) in [4.78, 5) is 31.3. The van der Waals surface area contributed by atoms with Gasteiger partial charge in [0.15, 0.2) is 17.2 Å². The van der Waals surface area contributed by atoms with Gasteiger partial charge in [-0.15, -0.1) is 0 Å². The van der Waals surface area contributed by atoms with Gasteiger partial charge in [0, 0.05) is 36.3 Å². The molecule has 4 aliphatic carbocycles. The molecule has 0 amide bonds.